The molecule has 1 saturated heterocycles. The molecular weight excluding hydrogens is 643 g/mol. The molecule has 1 aliphatic rings. The second-order valence-corrected chi connectivity index (χ2v) is 11.6. The zero-order valence-corrected chi connectivity index (χ0v) is 23.6. The van der Waals surface area contributed by atoms with Crippen LogP contribution in [-0.2, 0) is 21.5 Å². The lowest BCUT2D eigenvalue weighted by Gasteiger charge is -2.14. The number of benzene rings is 3. The highest BCUT2D eigenvalue weighted by Crippen LogP contribution is 2.41. The molecule has 0 unspecified atom stereocenters. The van der Waals surface area contributed by atoms with E-state index < -0.39 is 42.6 Å². The highest BCUT2D eigenvalue weighted by Gasteiger charge is 2.35. The molecule has 0 radical (unpaired) electrons. The van der Waals surface area contributed by atoms with E-state index in [-0.39, 0.29) is 32.4 Å². The van der Waals surface area contributed by atoms with Crippen molar-refractivity contribution in [2.75, 3.05) is 7.11 Å². The van der Waals surface area contributed by atoms with Crippen molar-refractivity contribution in [3.05, 3.63) is 96.1 Å². The van der Waals surface area contributed by atoms with Crippen LogP contribution in [0.15, 0.2) is 68.9 Å². The molecule has 1 heterocycles. The van der Waals surface area contributed by atoms with Gasteiger partial charge < -0.3 is 8.92 Å². The Morgan fingerprint density at radius 1 is 1.18 bits per heavy atom. The van der Waals surface area contributed by atoms with Gasteiger partial charge in [0.05, 0.1) is 28.0 Å². The lowest BCUT2D eigenvalue weighted by Crippen LogP contribution is -2.27. The molecule has 0 spiro atoms. The Morgan fingerprint density at radius 2 is 1.92 bits per heavy atom. The van der Waals surface area contributed by atoms with Gasteiger partial charge >= 0.3 is 10.1 Å². The number of amides is 2. The minimum absolute atomic E-state index is 0.0399. The lowest BCUT2D eigenvalue weighted by molar-refractivity contribution is -0.385. The minimum Gasteiger partial charge on any atom is -0.493 e. The molecule has 0 bridgehead atoms. The van der Waals surface area contributed by atoms with Crippen LogP contribution in [-0.4, -0.2) is 36.5 Å². The van der Waals surface area contributed by atoms with Crippen LogP contribution in [0.3, 0.4) is 0 Å². The fourth-order valence-corrected chi connectivity index (χ4v) is 6.13. The predicted octanol–water partition coefficient (Wildman–Crippen LogP) is 6.16. The summed E-state index contributed by atoms with van der Waals surface area (Å²) in [5, 5.41) is 10.5. The van der Waals surface area contributed by atoms with Crippen molar-refractivity contribution in [2.45, 2.75) is 11.4 Å². The van der Waals surface area contributed by atoms with E-state index in [0.29, 0.717) is 22.9 Å². The van der Waals surface area contributed by atoms with Crippen LogP contribution >= 0.6 is 39.3 Å². The number of nitro benzene ring substituents is 1. The molecule has 15 heteroatoms. The van der Waals surface area contributed by atoms with E-state index in [0.717, 1.165) is 29.2 Å². The number of rotatable bonds is 8. The van der Waals surface area contributed by atoms with Gasteiger partial charge in [-0.2, -0.15) is 8.42 Å². The molecule has 3 aromatic carbocycles. The maximum Gasteiger partial charge on any atom is 0.339 e. The van der Waals surface area contributed by atoms with Crippen LogP contribution in [0.1, 0.15) is 11.1 Å². The maximum absolute atomic E-state index is 13.3. The molecule has 202 valence electrons. The number of ether oxygens (including phenoxy) is 1. The van der Waals surface area contributed by atoms with Gasteiger partial charge in [0.25, 0.3) is 16.8 Å². The molecule has 0 atom stereocenters. The fraction of sp³-hybridized carbons (Fsp3) is 0.0833. The zero-order valence-electron chi connectivity index (χ0n) is 19.6. The number of halogens is 3. The van der Waals surface area contributed by atoms with Gasteiger partial charge in [0.2, 0.25) is 0 Å². The molecule has 1 fully saturated rings. The fourth-order valence-electron chi connectivity index (χ4n) is 3.42. The van der Waals surface area contributed by atoms with Crippen molar-refractivity contribution in [1.82, 2.24) is 4.90 Å². The van der Waals surface area contributed by atoms with Crippen LogP contribution in [0.5, 0.6) is 11.5 Å². The number of nitro groups is 1. The summed E-state index contributed by atoms with van der Waals surface area (Å²) in [6.07, 6.45) is 1.41. The number of non-ortho nitro benzene ring substituents is 1. The Morgan fingerprint density at radius 3 is 2.59 bits per heavy atom. The van der Waals surface area contributed by atoms with Gasteiger partial charge in [-0.15, -0.1) is 0 Å². The molecular formula is C24H15BrClFN2O8S2. The van der Waals surface area contributed by atoms with Gasteiger partial charge in [-0.1, -0.05) is 23.7 Å². The highest BCUT2D eigenvalue weighted by atomic mass is 79.9. The molecule has 0 aliphatic carbocycles. The van der Waals surface area contributed by atoms with Gasteiger partial charge in [0.1, 0.15) is 10.7 Å². The van der Waals surface area contributed by atoms with E-state index >= 15 is 0 Å². The second kappa shape index (κ2) is 11.3. The third-order valence-electron chi connectivity index (χ3n) is 5.28. The first-order valence-corrected chi connectivity index (χ1v) is 14.0. The quantitative estimate of drug-likeness (QED) is 0.121. The van der Waals surface area contributed by atoms with Crippen molar-refractivity contribution in [3.63, 3.8) is 0 Å². The van der Waals surface area contributed by atoms with Gasteiger partial charge in [-0.25, -0.2) is 4.39 Å². The predicted molar refractivity (Wildman–Crippen MR) is 145 cm³/mol. The summed E-state index contributed by atoms with van der Waals surface area (Å²) in [5.74, 6) is -1.43. The van der Waals surface area contributed by atoms with Gasteiger partial charge in [0, 0.05) is 17.2 Å². The topological polar surface area (TPSA) is 133 Å². The van der Waals surface area contributed by atoms with E-state index in [9.17, 15) is 32.5 Å². The number of carbonyl (C=O) groups is 2. The van der Waals surface area contributed by atoms with Gasteiger partial charge in [-0.3, -0.25) is 24.6 Å². The standard InChI is InChI=1S/C24H15BrClFN2O8S2/c1-36-20-8-13(7-18(25)22(20)37-39(34,35)17-4-2-3-16(11-17)29(32)33)9-21-23(30)28(24(31)38-21)12-14-5-6-15(27)10-19(14)26/h2-11H,12H2,1H3/b21-9-. The van der Waals surface area contributed by atoms with E-state index in [2.05, 4.69) is 15.9 Å². The largest absolute Gasteiger partial charge is 0.493 e. The Labute approximate surface area is 238 Å². The van der Waals surface area contributed by atoms with Gasteiger partial charge in [-0.05, 0) is 75.2 Å². The summed E-state index contributed by atoms with van der Waals surface area (Å²) in [7, 11) is -3.23. The van der Waals surface area contributed by atoms with Crippen molar-refractivity contribution in [1.29, 1.82) is 0 Å². The van der Waals surface area contributed by atoms with E-state index in [1.165, 1.54) is 43.5 Å². The number of hydrogen-bond acceptors (Lipinski definition) is 9. The van der Waals surface area contributed by atoms with Crippen LogP contribution in [0.2, 0.25) is 5.02 Å². The number of carbonyl (C=O) groups excluding carboxylic acids is 2. The van der Waals surface area contributed by atoms with Crippen LogP contribution in [0, 0.1) is 15.9 Å². The van der Waals surface area contributed by atoms with Crippen LogP contribution in [0.4, 0.5) is 14.9 Å². The van der Waals surface area contributed by atoms with Crippen molar-refractivity contribution in [2.24, 2.45) is 0 Å². The van der Waals surface area contributed by atoms with Crippen LogP contribution in [0.25, 0.3) is 6.08 Å². The van der Waals surface area contributed by atoms with Crippen molar-refractivity contribution < 1.29 is 36.2 Å². The smallest absolute Gasteiger partial charge is 0.339 e. The third kappa shape index (κ3) is 6.24. The number of hydrogen-bond donors (Lipinski definition) is 0. The minimum atomic E-state index is -4.49. The van der Waals surface area contributed by atoms with E-state index in [1.54, 1.807) is 0 Å². The Hall–Kier alpha value is -3.46. The number of nitrogens with zero attached hydrogens (tertiary/aromatic N) is 2. The molecule has 2 amide bonds. The number of methoxy groups -OCH3 is 1. The van der Waals surface area contributed by atoms with E-state index in [1.807, 2.05) is 0 Å². The lowest BCUT2D eigenvalue weighted by atomic mass is 10.1. The summed E-state index contributed by atoms with van der Waals surface area (Å²) in [6, 6.07) is 10.8. The summed E-state index contributed by atoms with van der Waals surface area (Å²) < 4.78 is 49.6. The third-order valence-corrected chi connectivity index (χ3v) is 8.34. The SMILES string of the molecule is COc1cc(/C=C2\SC(=O)N(Cc3ccc(F)cc3Cl)C2=O)cc(Br)c1OS(=O)(=O)c1cccc([N+](=O)[O-])c1. The first-order valence-electron chi connectivity index (χ1n) is 10.7. The van der Waals surface area contributed by atoms with E-state index in [4.69, 9.17) is 20.5 Å². The molecule has 10 nitrogen and oxygen atoms in total. The highest BCUT2D eigenvalue weighted by molar-refractivity contribution is 9.10. The summed E-state index contributed by atoms with van der Waals surface area (Å²) in [6.45, 7) is -0.156. The van der Waals surface area contributed by atoms with Crippen molar-refractivity contribution >= 4 is 72.3 Å². The van der Waals surface area contributed by atoms with Crippen LogP contribution < -0.4 is 8.92 Å². The molecule has 0 saturated carbocycles. The summed E-state index contributed by atoms with van der Waals surface area (Å²) in [5.41, 5.74) is 0.318. The number of imide groups is 1. The molecule has 0 aromatic heterocycles. The zero-order chi connectivity index (χ0) is 28.5. The monoisotopic (exact) mass is 656 g/mol. The number of thioether (sulfide) groups is 1. The Kier molecular flexibility index (Phi) is 8.30. The molecule has 4 rings (SSSR count). The Balaban J connectivity index is 1.60. The molecule has 0 N–H and O–H groups in total. The Bertz CT molecular complexity index is 1670. The average Bonchev–Trinajstić information content (AvgIpc) is 3.14. The van der Waals surface area contributed by atoms with Gasteiger partial charge in [0.15, 0.2) is 11.5 Å². The first kappa shape index (κ1) is 28.5. The molecule has 39 heavy (non-hydrogen) atoms. The van der Waals surface area contributed by atoms with Crippen molar-refractivity contribution in [3.8, 4) is 11.5 Å². The summed E-state index contributed by atoms with van der Waals surface area (Å²) in [4.78, 5) is 36.3. The normalized spacial score (nSPS) is 14.7. The average molecular weight is 658 g/mol. The summed E-state index contributed by atoms with van der Waals surface area (Å²) >= 11 is 9.94. The second-order valence-electron chi connectivity index (χ2n) is 7.83. The molecule has 1 aliphatic heterocycles. The molecule has 3 aromatic rings. The first-order chi connectivity index (χ1) is 18.4. The maximum atomic E-state index is 13.3.